The smallest absolute Gasteiger partial charge is 0.157 e. The van der Waals surface area contributed by atoms with Crippen LogP contribution in [0.4, 0.5) is 5.82 Å². The van der Waals surface area contributed by atoms with Crippen LogP contribution >= 0.6 is 0 Å². The molecule has 82 valence electrons. The second-order valence-electron chi connectivity index (χ2n) is 3.37. The second kappa shape index (κ2) is 4.67. The predicted molar refractivity (Wildman–Crippen MR) is 59.3 cm³/mol. The number of aliphatic hydroxyl groups is 1. The molecule has 2 heterocycles. The zero-order valence-corrected chi connectivity index (χ0v) is 8.61. The van der Waals surface area contributed by atoms with Crippen LogP contribution in [0, 0.1) is 0 Å². The minimum absolute atomic E-state index is 0.365. The Balaban J connectivity index is 2.14. The van der Waals surface area contributed by atoms with Gasteiger partial charge >= 0.3 is 0 Å². The van der Waals surface area contributed by atoms with Gasteiger partial charge in [-0.25, -0.2) is 15.0 Å². The number of hydrogen-bond acceptors (Lipinski definition) is 5. The molecule has 2 aromatic heterocycles. The first kappa shape index (κ1) is 10.5. The Morgan fingerprint density at radius 2 is 1.81 bits per heavy atom. The molecule has 0 amide bonds. The number of anilines is 1. The van der Waals surface area contributed by atoms with Crippen LogP contribution in [-0.4, -0.2) is 20.1 Å². The van der Waals surface area contributed by atoms with Crippen molar-refractivity contribution in [3.63, 3.8) is 0 Å². The number of hydrogen-bond donors (Lipinski definition) is 2. The Kier molecular flexibility index (Phi) is 3.07. The zero-order chi connectivity index (χ0) is 11.4. The molecule has 0 aliphatic rings. The number of pyridine rings is 1. The first-order chi connectivity index (χ1) is 7.77. The number of nitrogen functional groups attached to an aromatic ring is 1. The van der Waals surface area contributed by atoms with E-state index in [9.17, 15) is 5.11 Å². The van der Waals surface area contributed by atoms with Crippen LogP contribution in [0.5, 0.6) is 0 Å². The molecular formula is C11H12N4O. The van der Waals surface area contributed by atoms with Crippen molar-refractivity contribution in [2.45, 2.75) is 12.5 Å². The summed E-state index contributed by atoms with van der Waals surface area (Å²) in [6, 6.07) is 5.31. The highest BCUT2D eigenvalue weighted by molar-refractivity contribution is 5.38. The van der Waals surface area contributed by atoms with Gasteiger partial charge in [-0.15, -0.1) is 0 Å². The fourth-order valence-electron chi connectivity index (χ4n) is 1.41. The molecule has 0 saturated heterocycles. The summed E-state index contributed by atoms with van der Waals surface area (Å²) >= 11 is 0. The fourth-order valence-corrected chi connectivity index (χ4v) is 1.41. The summed E-state index contributed by atoms with van der Waals surface area (Å²) in [5.41, 5.74) is 6.48. The summed E-state index contributed by atoms with van der Waals surface area (Å²) in [6.07, 6.45) is 4.41. The highest BCUT2D eigenvalue weighted by Crippen LogP contribution is 2.17. The van der Waals surface area contributed by atoms with Crippen LogP contribution in [0.3, 0.4) is 0 Å². The van der Waals surface area contributed by atoms with Crippen molar-refractivity contribution in [3.05, 3.63) is 48.2 Å². The van der Waals surface area contributed by atoms with Gasteiger partial charge in [-0.1, -0.05) is 6.07 Å². The van der Waals surface area contributed by atoms with Crippen molar-refractivity contribution < 1.29 is 5.11 Å². The lowest BCUT2D eigenvalue weighted by Crippen LogP contribution is -2.08. The lowest BCUT2D eigenvalue weighted by Gasteiger charge is -2.09. The number of nitrogens with two attached hydrogens (primary N) is 1. The minimum Gasteiger partial charge on any atom is -0.385 e. The van der Waals surface area contributed by atoms with Crippen LogP contribution in [0.1, 0.15) is 17.5 Å². The number of nitrogens with zero attached hydrogens (tertiary/aromatic N) is 3. The molecule has 0 bridgehead atoms. The topological polar surface area (TPSA) is 84.9 Å². The van der Waals surface area contributed by atoms with Gasteiger partial charge in [-0.3, -0.25) is 0 Å². The number of aliphatic hydroxyl groups excluding tert-OH is 1. The van der Waals surface area contributed by atoms with Crippen LogP contribution in [0.15, 0.2) is 36.8 Å². The van der Waals surface area contributed by atoms with Gasteiger partial charge in [0.2, 0.25) is 0 Å². The maximum atomic E-state index is 9.89. The molecule has 2 aromatic rings. The Hall–Kier alpha value is -2.01. The fraction of sp³-hybridized carbons (Fsp3) is 0.182. The molecule has 0 fully saturated rings. The second-order valence-corrected chi connectivity index (χ2v) is 3.37. The molecule has 0 radical (unpaired) electrons. The first-order valence-electron chi connectivity index (χ1n) is 4.91. The lowest BCUT2D eigenvalue weighted by molar-refractivity contribution is 0.168. The van der Waals surface area contributed by atoms with E-state index >= 15 is 0 Å². The Morgan fingerprint density at radius 1 is 1.12 bits per heavy atom. The van der Waals surface area contributed by atoms with Crippen LogP contribution in [0.2, 0.25) is 0 Å². The van der Waals surface area contributed by atoms with Gasteiger partial charge in [0.15, 0.2) is 5.82 Å². The third-order valence-corrected chi connectivity index (χ3v) is 2.22. The standard InChI is InChI=1S/C11H12N4O/c12-10-8(3-1-4-13-10)7-9(16)11-14-5-2-6-15-11/h1-6,9,16H,7H2,(H2,12,13). The largest absolute Gasteiger partial charge is 0.385 e. The Bertz CT molecular complexity index is 461. The Labute approximate surface area is 93.0 Å². The summed E-state index contributed by atoms with van der Waals surface area (Å²) in [4.78, 5) is 11.9. The van der Waals surface area contributed by atoms with Gasteiger partial charge < -0.3 is 10.8 Å². The van der Waals surface area contributed by atoms with Gasteiger partial charge in [0, 0.05) is 25.0 Å². The van der Waals surface area contributed by atoms with E-state index in [1.165, 1.54) is 0 Å². The van der Waals surface area contributed by atoms with Gasteiger partial charge in [0.05, 0.1) is 0 Å². The van der Waals surface area contributed by atoms with Gasteiger partial charge in [-0.2, -0.15) is 0 Å². The van der Waals surface area contributed by atoms with Crippen molar-refractivity contribution >= 4 is 5.82 Å². The molecular weight excluding hydrogens is 204 g/mol. The van der Waals surface area contributed by atoms with Crippen molar-refractivity contribution in [1.29, 1.82) is 0 Å². The highest BCUT2D eigenvalue weighted by Gasteiger charge is 2.12. The molecule has 0 spiro atoms. The summed E-state index contributed by atoms with van der Waals surface area (Å²) in [5.74, 6) is 0.822. The summed E-state index contributed by atoms with van der Waals surface area (Å²) in [5, 5.41) is 9.89. The molecule has 5 nitrogen and oxygen atoms in total. The molecule has 3 N–H and O–H groups in total. The van der Waals surface area contributed by atoms with Crippen LogP contribution < -0.4 is 5.73 Å². The predicted octanol–water partition coefficient (Wildman–Crippen LogP) is 0.730. The van der Waals surface area contributed by atoms with E-state index < -0.39 is 6.10 Å². The SMILES string of the molecule is Nc1ncccc1CC(O)c1ncccn1. The molecule has 0 aliphatic heterocycles. The molecule has 16 heavy (non-hydrogen) atoms. The van der Waals surface area contributed by atoms with E-state index in [1.807, 2.05) is 6.07 Å². The van der Waals surface area contributed by atoms with E-state index in [0.29, 0.717) is 18.1 Å². The van der Waals surface area contributed by atoms with Crippen molar-refractivity contribution in [2.75, 3.05) is 5.73 Å². The van der Waals surface area contributed by atoms with Gasteiger partial charge in [-0.05, 0) is 17.7 Å². The normalized spacial score (nSPS) is 12.3. The maximum Gasteiger partial charge on any atom is 0.157 e. The molecule has 0 saturated carbocycles. The summed E-state index contributed by atoms with van der Waals surface area (Å²) < 4.78 is 0. The van der Waals surface area contributed by atoms with Crippen molar-refractivity contribution in [2.24, 2.45) is 0 Å². The molecule has 1 atom stereocenters. The minimum atomic E-state index is -0.757. The third-order valence-electron chi connectivity index (χ3n) is 2.22. The van der Waals surface area contributed by atoms with E-state index in [-0.39, 0.29) is 0 Å². The molecule has 0 aliphatic carbocycles. The maximum absolute atomic E-state index is 9.89. The van der Waals surface area contributed by atoms with E-state index in [0.717, 1.165) is 5.56 Å². The first-order valence-corrected chi connectivity index (χ1v) is 4.91. The summed E-state index contributed by atoms with van der Waals surface area (Å²) in [7, 11) is 0. The van der Waals surface area contributed by atoms with Gasteiger partial charge in [0.1, 0.15) is 11.9 Å². The van der Waals surface area contributed by atoms with Crippen LogP contribution in [0.25, 0.3) is 0 Å². The monoisotopic (exact) mass is 216 g/mol. The van der Waals surface area contributed by atoms with Crippen molar-refractivity contribution in [3.8, 4) is 0 Å². The quantitative estimate of drug-likeness (QED) is 0.790. The highest BCUT2D eigenvalue weighted by atomic mass is 16.3. The zero-order valence-electron chi connectivity index (χ0n) is 8.61. The number of rotatable bonds is 3. The van der Waals surface area contributed by atoms with E-state index in [2.05, 4.69) is 15.0 Å². The molecule has 2 rings (SSSR count). The molecule has 1 unspecified atom stereocenters. The van der Waals surface area contributed by atoms with E-state index in [4.69, 9.17) is 5.73 Å². The molecule has 5 heteroatoms. The average Bonchev–Trinajstić information content (AvgIpc) is 2.33. The Morgan fingerprint density at radius 3 is 2.50 bits per heavy atom. The van der Waals surface area contributed by atoms with Crippen LogP contribution in [-0.2, 0) is 6.42 Å². The lowest BCUT2D eigenvalue weighted by atomic mass is 10.1. The van der Waals surface area contributed by atoms with E-state index in [1.54, 1.807) is 30.7 Å². The summed E-state index contributed by atoms with van der Waals surface area (Å²) in [6.45, 7) is 0. The van der Waals surface area contributed by atoms with Crippen molar-refractivity contribution in [1.82, 2.24) is 15.0 Å². The van der Waals surface area contributed by atoms with Gasteiger partial charge in [0.25, 0.3) is 0 Å². The third kappa shape index (κ3) is 2.32. The molecule has 0 aromatic carbocycles. The number of aromatic nitrogens is 3. The average molecular weight is 216 g/mol.